The molecule has 7 heteroatoms. The van der Waals surface area contributed by atoms with E-state index in [1.165, 1.54) is 21.3 Å². The maximum absolute atomic E-state index is 13.7. The fourth-order valence-electron chi connectivity index (χ4n) is 3.31. The van der Waals surface area contributed by atoms with Crippen molar-refractivity contribution >= 4 is 40.1 Å². The van der Waals surface area contributed by atoms with Gasteiger partial charge in [-0.25, -0.2) is 4.98 Å². The van der Waals surface area contributed by atoms with Crippen LogP contribution in [0.1, 0.15) is 21.8 Å². The van der Waals surface area contributed by atoms with Crippen molar-refractivity contribution in [1.82, 2.24) is 4.98 Å². The van der Waals surface area contributed by atoms with Crippen LogP contribution in [0, 0.1) is 0 Å². The van der Waals surface area contributed by atoms with E-state index < -0.39 is 0 Å². The average molecular weight is 450 g/mol. The number of rotatable bonds is 7. The molecular formula is C25H20ClNO5. The Kier molecular flexibility index (Phi) is 6.14. The molecule has 0 aliphatic carbocycles. The lowest BCUT2D eigenvalue weighted by atomic mass is 10.00. The molecule has 4 rings (SSSR count). The van der Waals surface area contributed by atoms with Gasteiger partial charge in [0, 0.05) is 10.6 Å². The van der Waals surface area contributed by atoms with Crippen LogP contribution in [-0.4, -0.2) is 32.1 Å². The molecule has 3 aromatic carbocycles. The molecule has 0 amide bonds. The standard InChI is InChI=1S/C25H20ClNO5/c1-29-21-13-16(14-22(30-2)24(21)31-3)23(28)18(12-15-8-10-17(26)11-9-15)25-27-19-6-4-5-7-20(19)32-25/h4-14H,1-3H3/b18-12+. The van der Waals surface area contributed by atoms with Crippen molar-refractivity contribution < 1.29 is 23.4 Å². The molecule has 0 fully saturated rings. The Hall–Kier alpha value is -3.77. The van der Waals surface area contributed by atoms with Crippen LogP contribution in [-0.2, 0) is 0 Å². The van der Waals surface area contributed by atoms with Crippen LogP contribution >= 0.6 is 11.6 Å². The molecule has 6 nitrogen and oxygen atoms in total. The normalized spacial score (nSPS) is 11.4. The highest BCUT2D eigenvalue weighted by atomic mass is 35.5. The van der Waals surface area contributed by atoms with Crippen LogP contribution in [0.25, 0.3) is 22.7 Å². The minimum absolute atomic E-state index is 0.208. The lowest BCUT2D eigenvalue weighted by Gasteiger charge is -2.14. The topological polar surface area (TPSA) is 70.8 Å². The van der Waals surface area contributed by atoms with Crippen molar-refractivity contribution in [3.05, 3.63) is 82.7 Å². The molecule has 162 valence electrons. The quantitative estimate of drug-likeness (QED) is 0.257. The van der Waals surface area contributed by atoms with Gasteiger partial charge in [-0.1, -0.05) is 35.9 Å². The summed E-state index contributed by atoms with van der Waals surface area (Å²) in [6, 6.07) is 17.7. The lowest BCUT2D eigenvalue weighted by molar-refractivity contribution is 0.105. The summed E-state index contributed by atoms with van der Waals surface area (Å²) in [7, 11) is 4.50. The highest BCUT2D eigenvalue weighted by Gasteiger charge is 2.23. The molecule has 0 N–H and O–H groups in total. The van der Waals surface area contributed by atoms with Crippen molar-refractivity contribution in [2.45, 2.75) is 0 Å². The van der Waals surface area contributed by atoms with Gasteiger partial charge in [0.15, 0.2) is 22.9 Å². The largest absolute Gasteiger partial charge is 0.493 e. The summed E-state index contributed by atoms with van der Waals surface area (Å²) in [5.74, 6) is 1.04. The third-order valence-electron chi connectivity index (χ3n) is 4.88. The highest BCUT2D eigenvalue weighted by Crippen LogP contribution is 2.39. The van der Waals surface area contributed by atoms with Crippen LogP contribution in [0.5, 0.6) is 17.2 Å². The van der Waals surface area contributed by atoms with E-state index in [2.05, 4.69) is 4.98 Å². The first-order valence-corrected chi connectivity index (χ1v) is 10.1. The van der Waals surface area contributed by atoms with Crippen LogP contribution in [0.15, 0.2) is 65.1 Å². The lowest BCUT2D eigenvalue weighted by Crippen LogP contribution is -2.05. The first-order chi connectivity index (χ1) is 15.5. The van der Waals surface area contributed by atoms with E-state index in [1.54, 1.807) is 36.4 Å². The molecule has 4 aromatic rings. The van der Waals surface area contributed by atoms with Gasteiger partial charge >= 0.3 is 0 Å². The Balaban J connectivity index is 1.88. The molecule has 0 bridgehead atoms. The molecule has 0 atom stereocenters. The summed E-state index contributed by atoms with van der Waals surface area (Å²) in [5.41, 5.74) is 2.62. The van der Waals surface area contributed by atoms with Crippen molar-refractivity contribution in [1.29, 1.82) is 0 Å². The Morgan fingerprint density at radius 3 is 2.19 bits per heavy atom. The number of carbonyl (C=O) groups excluding carboxylic acids is 1. The number of oxazole rings is 1. The predicted octanol–water partition coefficient (Wildman–Crippen LogP) is 5.93. The third kappa shape index (κ3) is 4.18. The van der Waals surface area contributed by atoms with Gasteiger partial charge in [0.1, 0.15) is 5.52 Å². The van der Waals surface area contributed by atoms with E-state index in [0.717, 1.165) is 5.56 Å². The Bertz CT molecular complexity index is 1250. The molecule has 0 radical (unpaired) electrons. The third-order valence-corrected chi connectivity index (χ3v) is 5.13. The van der Waals surface area contributed by atoms with Gasteiger partial charge < -0.3 is 18.6 Å². The summed E-state index contributed by atoms with van der Waals surface area (Å²) in [5, 5.41) is 0.599. The van der Waals surface area contributed by atoms with Crippen molar-refractivity contribution in [2.24, 2.45) is 0 Å². The fraction of sp³-hybridized carbons (Fsp3) is 0.120. The van der Waals surface area contributed by atoms with Gasteiger partial charge in [0.05, 0.1) is 26.9 Å². The van der Waals surface area contributed by atoms with E-state index in [1.807, 2.05) is 30.3 Å². The van der Waals surface area contributed by atoms with E-state index in [9.17, 15) is 4.79 Å². The molecule has 0 aliphatic heterocycles. The summed E-state index contributed by atoms with van der Waals surface area (Å²) < 4.78 is 22.1. The molecular weight excluding hydrogens is 430 g/mol. The number of ether oxygens (including phenoxy) is 3. The Morgan fingerprint density at radius 1 is 0.938 bits per heavy atom. The van der Waals surface area contributed by atoms with Gasteiger partial charge in [0.25, 0.3) is 0 Å². The monoisotopic (exact) mass is 449 g/mol. The van der Waals surface area contributed by atoms with Gasteiger partial charge in [-0.15, -0.1) is 0 Å². The number of halogens is 1. The molecule has 0 spiro atoms. The van der Waals surface area contributed by atoms with Crippen LogP contribution < -0.4 is 14.2 Å². The molecule has 32 heavy (non-hydrogen) atoms. The average Bonchev–Trinajstić information content (AvgIpc) is 3.26. The predicted molar refractivity (Wildman–Crippen MR) is 124 cm³/mol. The summed E-state index contributed by atoms with van der Waals surface area (Å²) >= 11 is 6.01. The van der Waals surface area contributed by atoms with Gasteiger partial charge in [0.2, 0.25) is 11.6 Å². The molecule has 1 aromatic heterocycles. The Labute approximate surface area is 190 Å². The molecule has 0 saturated carbocycles. The molecule has 1 heterocycles. The molecule has 0 aliphatic rings. The van der Waals surface area contributed by atoms with Crippen LogP contribution in [0.4, 0.5) is 0 Å². The number of benzene rings is 3. The maximum atomic E-state index is 13.7. The second kappa shape index (κ2) is 9.16. The maximum Gasteiger partial charge on any atom is 0.231 e. The summed E-state index contributed by atoms with van der Waals surface area (Å²) in [4.78, 5) is 18.2. The number of aromatic nitrogens is 1. The number of para-hydroxylation sites is 2. The number of carbonyl (C=O) groups is 1. The zero-order valence-corrected chi connectivity index (χ0v) is 18.5. The van der Waals surface area contributed by atoms with Crippen LogP contribution in [0.3, 0.4) is 0 Å². The first kappa shape index (κ1) is 21.5. The van der Waals surface area contributed by atoms with Crippen molar-refractivity contribution in [2.75, 3.05) is 21.3 Å². The number of allylic oxidation sites excluding steroid dienone is 1. The number of fused-ring (bicyclic) bond motifs is 1. The minimum Gasteiger partial charge on any atom is -0.493 e. The SMILES string of the molecule is COc1cc(C(=O)/C(=C\c2ccc(Cl)cc2)c2nc3ccccc3o2)cc(OC)c1OC. The first-order valence-electron chi connectivity index (χ1n) is 9.72. The fourth-order valence-corrected chi connectivity index (χ4v) is 3.43. The highest BCUT2D eigenvalue weighted by molar-refractivity contribution is 6.32. The van der Waals surface area contributed by atoms with E-state index in [-0.39, 0.29) is 17.2 Å². The van der Waals surface area contributed by atoms with E-state index >= 15 is 0 Å². The number of hydrogen-bond donors (Lipinski definition) is 0. The number of ketones is 1. The van der Waals surface area contributed by atoms with Crippen molar-refractivity contribution in [3.8, 4) is 17.2 Å². The van der Waals surface area contributed by atoms with Gasteiger partial charge in [-0.05, 0) is 48.0 Å². The van der Waals surface area contributed by atoms with Gasteiger partial charge in [-0.3, -0.25) is 4.79 Å². The van der Waals surface area contributed by atoms with Crippen molar-refractivity contribution in [3.63, 3.8) is 0 Å². The number of methoxy groups -OCH3 is 3. The zero-order valence-electron chi connectivity index (χ0n) is 17.7. The number of hydrogen-bond acceptors (Lipinski definition) is 6. The summed E-state index contributed by atoms with van der Waals surface area (Å²) in [6.45, 7) is 0. The minimum atomic E-state index is -0.314. The summed E-state index contributed by atoms with van der Waals surface area (Å²) in [6.07, 6.45) is 1.71. The second-order valence-electron chi connectivity index (χ2n) is 6.84. The van der Waals surface area contributed by atoms with E-state index in [4.69, 9.17) is 30.2 Å². The Morgan fingerprint density at radius 2 is 1.59 bits per heavy atom. The zero-order chi connectivity index (χ0) is 22.7. The second-order valence-corrected chi connectivity index (χ2v) is 7.28. The van der Waals surface area contributed by atoms with Crippen LogP contribution in [0.2, 0.25) is 5.02 Å². The number of nitrogens with zero attached hydrogens (tertiary/aromatic N) is 1. The van der Waals surface area contributed by atoms with E-state index in [0.29, 0.717) is 38.9 Å². The van der Waals surface area contributed by atoms with Gasteiger partial charge in [-0.2, -0.15) is 0 Å². The number of Topliss-reactive ketones (excluding diaryl/α,β-unsaturated/α-hetero) is 1. The molecule has 0 unspecified atom stereocenters. The molecule has 0 saturated heterocycles. The smallest absolute Gasteiger partial charge is 0.231 e.